The van der Waals surface area contributed by atoms with Crippen molar-refractivity contribution in [2.45, 2.75) is 115 Å². The predicted octanol–water partition coefficient (Wildman–Crippen LogP) is 5.34. The maximum Gasteiger partial charge on any atom is 0.116 e. The van der Waals surface area contributed by atoms with Gasteiger partial charge in [0.25, 0.3) is 0 Å². The molecule has 6 rings (SSSR count). The molecule has 0 aromatic heterocycles. The van der Waals surface area contributed by atoms with E-state index in [1.165, 1.54) is 36.8 Å². The minimum Gasteiger partial charge on any atom is -0.508 e. The Kier molecular flexibility index (Phi) is 8.17. The predicted molar refractivity (Wildman–Crippen MR) is 157 cm³/mol. The third kappa shape index (κ3) is 5.28. The first-order chi connectivity index (χ1) is 18.5. The van der Waals surface area contributed by atoms with E-state index >= 15 is 0 Å². The molecule has 3 aliphatic carbocycles. The van der Waals surface area contributed by atoms with E-state index < -0.39 is 5.54 Å². The number of nitrogens with one attached hydrogen (secondary N) is 1. The molecule has 1 aromatic rings. The summed E-state index contributed by atoms with van der Waals surface area (Å²) in [4.78, 5) is 0. The van der Waals surface area contributed by atoms with Crippen LogP contribution in [0.4, 0.5) is 0 Å². The van der Waals surface area contributed by atoms with E-state index in [0.29, 0.717) is 42.3 Å². The molecular formula is C34H52N2O3. The average molecular weight is 537 g/mol. The van der Waals surface area contributed by atoms with Crippen molar-refractivity contribution in [1.29, 1.82) is 0 Å². The van der Waals surface area contributed by atoms with Crippen LogP contribution in [0.5, 0.6) is 5.75 Å². The summed E-state index contributed by atoms with van der Waals surface area (Å²) in [5.41, 5.74) is 9.84. The Morgan fingerprint density at radius 1 is 1.21 bits per heavy atom. The van der Waals surface area contributed by atoms with Crippen molar-refractivity contribution in [2.75, 3.05) is 13.7 Å². The van der Waals surface area contributed by atoms with Crippen molar-refractivity contribution in [3.63, 3.8) is 0 Å². The molecule has 39 heavy (non-hydrogen) atoms. The molecule has 0 amide bonds. The molecule has 5 nitrogen and oxygen atoms in total. The number of hydrogen-bond donors (Lipinski definition) is 4. The van der Waals surface area contributed by atoms with Crippen LogP contribution in [-0.4, -0.2) is 40.6 Å². The fourth-order valence-electron chi connectivity index (χ4n) is 9.42. The minimum absolute atomic E-state index is 0.0751. The fourth-order valence-corrected chi connectivity index (χ4v) is 9.42. The van der Waals surface area contributed by atoms with E-state index in [-0.39, 0.29) is 29.6 Å². The highest BCUT2D eigenvalue weighted by molar-refractivity contribution is 5.44. The van der Waals surface area contributed by atoms with Crippen molar-refractivity contribution in [3.8, 4) is 17.6 Å². The smallest absolute Gasteiger partial charge is 0.116 e. The number of phenols is 1. The van der Waals surface area contributed by atoms with Gasteiger partial charge in [-0.25, -0.2) is 0 Å². The molecule has 7 atom stereocenters. The Hall–Kier alpha value is -1.58. The van der Waals surface area contributed by atoms with Gasteiger partial charge in [0, 0.05) is 31.0 Å². The lowest BCUT2D eigenvalue weighted by atomic mass is 9.48. The molecular weight excluding hydrogens is 484 g/mol. The molecule has 1 aromatic carbocycles. The molecule has 4 bridgehead atoms. The van der Waals surface area contributed by atoms with Gasteiger partial charge in [-0.05, 0) is 118 Å². The van der Waals surface area contributed by atoms with Crippen molar-refractivity contribution in [1.82, 2.24) is 5.32 Å². The number of nitrogens with two attached hydrogens (primary N) is 1. The molecule has 216 valence electrons. The van der Waals surface area contributed by atoms with Crippen LogP contribution in [0, 0.1) is 47.3 Å². The quantitative estimate of drug-likeness (QED) is 0.354. The van der Waals surface area contributed by atoms with E-state index in [0.717, 1.165) is 37.8 Å². The zero-order valence-corrected chi connectivity index (χ0v) is 25.0. The van der Waals surface area contributed by atoms with Crippen LogP contribution in [0.15, 0.2) is 12.1 Å². The molecule has 2 heterocycles. The highest BCUT2D eigenvalue weighted by atomic mass is 16.5. The highest BCUT2D eigenvalue weighted by Crippen LogP contribution is 2.62. The Bertz CT molecular complexity index is 1100. The summed E-state index contributed by atoms with van der Waals surface area (Å²) < 4.78 is 7.28. The second kappa shape index (κ2) is 11.0. The van der Waals surface area contributed by atoms with E-state index in [4.69, 9.17) is 10.5 Å². The van der Waals surface area contributed by atoms with Crippen molar-refractivity contribution >= 4 is 0 Å². The Labute approximate surface area is 236 Å². The number of aliphatic hydroxyl groups is 1. The maximum atomic E-state index is 10.6. The van der Waals surface area contributed by atoms with E-state index in [1.54, 1.807) is 0 Å². The standard InChI is InChI=1S/C34H52N2O3/c1-22(2)9-10-23-15-24-17-27(16-23)34-12-11-30(32(3,4)39-34)33(35,13-14-37)31(34)8-6-7-25-19-28(38)20-26(21-36-5)29(25)18-24/h19-20,22-24,27,30-31,36-38H,7,9-18,21,35H2,1-5H3/t23-,24-,27-,30+,31+,33+,34-/m1/s1. The Morgan fingerprint density at radius 3 is 2.69 bits per heavy atom. The highest BCUT2D eigenvalue weighted by Gasteiger charge is 2.68. The lowest BCUT2D eigenvalue weighted by Crippen LogP contribution is -2.77. The van der Waals surface area contributed by atoms with Crippen LogP contribution < -0.4 is 11.1 Å². The topological polar surface area (TPSA) is 87.7 Å². The van der Waals surface area contributed by atoms with Crippen LogP contribution in [0.25, 0.3) is 0 Å². The Morgan fingerprint density at radius 2 is 2.00 bits per heavy atom. The first kappa shape index (κ1) is 28.9. The van der Waals surface area contributed by atoms with Gasteiger partial charge < -0.3 is 26.0 Å². The van der Waals surface area contributed by atoms with E-state index in [2.05, 4.69) is 44.9 Å². The summed E-state index contributed by atoms with van der Waals surface area (Å²) in [6.07, 6.45) is 10.3. The fraction of sp³-hybridized carbons (Fsp3) is 0.765. The second-order valence-corrected chi connectivity index (χ2v) is 14.4. The van der Waals surface area contributed by atoms with Crippen LogP contribution in [0.2, 0.25) is 0 Å². The van der Waals surface area contributed by atoms with Gasteiger partial charge in [-0.3, -0.25) is 0 Å². The summed E-state index contributed by atoms with van der Waals surface area (Å²) in [5, 5.41) is 24.2. The first-order valence-electron chi connectivity index (χ1n) is 15.6. The van der Waals surface area contributed by atoms with Gasteiger partial charge in [-0.15, -0.1) is 0 Å². The zero-order valence-electron chi connectivity index (χ0n) is 25.0. The van der Waals surface area contributed by atoms with Crippen LogP contribution in [-0.2, 0) is 24.1 Å². The Balaban J connectivity index is 1.65. The van der Waals surface area contributed by atoms with Crippen LogP contribution in [0.1, 0.15) is 95.8 Å². The number of fused-ring (bicyclic) bond motifs is 5. The summed E-state index contributed by atoms with van der Waals surface area (Å²) >= 11 is 0. The van der Waals surface area contributed by atoms with Crippen molar-refractivity contribution in [2.24, 2.45) is 41.2 Å². The number of phenolic OH excluding ortho intramolecular Hbond substituents is 1. The normalized spacial score (nSPS) is 36.9. The minimum atomic E-state index is -0.574. The number of ether oxygens (including phenoxy) is 1. The van der Waals surface area contributed by atoms with Crippen molar-refractivity contribution in [3.05, 3.63) is 28.8 Å². The van der Waals surface area contributed by atoms with Gasteiger partial charge in [0.1, 0.15) is 5.75 Å². The summed E-state index contributed by atoms with van der Waals surface area (Å²) in [6, 6.07) is 3.88. The average Bonchev–Trinajstić information content (AvgIpc) is 2.87. The first-order valence-corrected chi connectivity index (χ1v) is 15.6. The van der Waals surface area contributed by atoms with E-state index in [1.807, 2.05) is 19.2 Å². The number of aliphatic hydroxyl groups excluding tert-OH is 1. The SMILES string of the molecule is CNCc1cc(O)cc2c1C[C@@H]1C[C@@H](CCC(C)C)C[C@H](C1)[C@@]13CC[C@@H](C(C)(C)O1)[C@@](N)(CCO)[C@@H]3C#CC2. The summed E-state index contributed by atoms with van der Waals surface area (Å²) in [7, 11) is 1.97. The number of hydrogen-bond acceptors (Lipinski definition) is 5. The van der Waals surface area contributed by atoms with Gasteiger partial charge in [0.05, 0.1) is 17.1 Å². The largest absolute Gasteiger partial charge is 0.508 e. The van der Waals surface area contributed by atoms with E-state index in [9.17, 15) is 10.2 Å². The molecule has 5 N–H and O–H groups in total. The molecule has 2 aliphatic heterocycles. The molecule has 2 saturated heterocycles. The van der Waals surface area contributed by atoms with Gasteiger partial charge in [-0.2, -0.15) is 0 Å². The molecule has 0 unspecified atom stereocenters. The molecule has 2 saturated carbocycles. The molecule has 0 radical (unpaired) electrons. The van der Waals surface area contributed by atoms with Crippen LogP contribution >= 0.6 is 0 Å². The number of rotatable bonds is 7. The van der Waals surface area contributed by atoms with Gasteiger partial charge in [0.15, 0.2) is 0 Å². The zero-order chi connectivity index (χ0) is 28.0. The van der Waals surface area contributed by atoms with Gasteiger partial charge in [-0.1, -0.05) is 38.5 Å². The van der Waals surface area contributed by atoms with Crippen LogP contribution in [0.3, 0.4) is 0 Å². The van der Waals surface area contributed by atoms with Gasteiger partial charge in [0.2, 0.25) is 0 Å². The summed E-state index contributed by atoms with van der Waals surface area (Å²) in [6.45, 7) is 9.94. The molecule has 5 heteroatoms. The lowest BCUT2D eigenvalue weighted by molar-refractivity contribution is -0.307. The lowest BCUT2D eigenvalue weighted by Gasteiger charge is -2.68. The monoisotopic (exact) mass is 536 g/mol. The molecule has 5 aliphatic rings. The number of aromatic hydroxyl groups is 1. The van der Waals surface area contributed by atoms with Gasteiger partial charge >= 0.3 is 0 Å². The maximum absolute atomic E-state index is 10.6. The summed E-state index contributed by atoms with van der Waals surface area (Å²) in [5.74, 6) is 10.0. The molecule has 4 fully saturated rings. The molecule has 1 spiro atoms. The third-order valence-corrected chi connectivity index (χ3v) is 10.9. The van der Waals surface area contributed by atoms with Crippen molar-refractivity contribution < 1.29 is 14.9 Å². The third-order valence-electron chi connectivity index (χ3n) is 10.9. The second-order valence-electron chi connectivity index (χ2n) is 14.4. The number of benzene rings is 1.